The Morgan fingerprint density at radius 2 is 2.00 bits per heavy atom. The summed E-state index contributed by atoms with van der Waals surface area (Å²) in [4.78, 5) is 5.43. The van der Waals surface area contributed by atoms with Crippen molar-refractivity contribution in [1.29, 1.82) is 0 Å². The minimum absolute atomic E-state index is 0.255. The van der Waals surface area contributed by atoms with Crippen LogP contribution in [0.3, 0.4) is 0 Å². The van der Waals surface area contributed by atoms with E-state index in [0.29, 0.717) is 13.2 Å². The zero-order chi connectivity index (χ0) is 19.3. The number of methoxy groups -OCH3 is 1. The van der Waals surface area contributed by atoms with Crippen LogP contribution in [0.15, 0.2) is 62.4 Å². The van der Waals surface area contributed by atoms with Crippen LogP contribution in [0, 0.1) is 0 Å². The predicted molar refractivity (Wildman–Crippen MR) is 113 cm³/mol. The monoisotopic (exact) mass is 459 g/mol. The molecule has 1 aromatic heterocycles. The SMILES string of the molecule is COCCN=c1scc(-c2ccc(Br)cc2)n1/N=C\c1ccc2c(c1)OCO2. The molecule has 0 amide bonds. The van der Waals surface area contributed by atoms with Crippen LogP contribution in [0.25, 0.3) is 11.3 Å². The van der Waals surface area contributed by atoms with Crippen LogP contribution in [0.1, 0.15) is 5.56 Å². The average molecular weight is 460 g/mol. The number of hydrogen-bond donors (Lipinski definition) is 0. The number of thiazole rings is 1. The van der Waals surface area contributed by atoms with Gasteiger partial charge in [-0.15, -0.1) is 11.3 Å². The standard InChI is InChI=1S/C20H18BrN3O3S/c1-25-9-8-22-20-24(17(12-28-20)15-3-5-16(21)6-4-15)23-11-14-2-7-18-19(10-14)27-13-26-18/h2-7,10-12H,8-9,13H2,1H3/b22-20?,23-11-. The lowest BCUT2D eigenvalue weighted by Gasteiger charge is -2.04. The van der Waals surface area contributed by atoms with E-state index < -0.39 is 0 Å². The fraction of sp³-hybridized carbons (Fsp3) is 0.200. The maximum Gasteiger partial charge on any atom is 0.231 e. The molecule has 3 aromatic rings. The van der Waals surface area contributed by atoms with Gasteiger partial charge in [-0.3, -0.25) is 4.99 Å². The molecule has 1 aliphatic heterocycles. The molecule has 2 heterocycles. The zero-order valence-electron chi connectivity index (χ0n) is 15.2. The van der Waals surface area contributed by atoms with Gasteiger partial charge in [0.05, 0.1) is 25.1 Å². The molecule has 28 heavy (non-hydrogen) atoms. The highest BCUT2D eigenvalue weighted by Crippen LogP contribution is 2.32. The number of fused-ring (bicyclic) bond motifs is 1. The van der Waals surface area contributed by atoms with Crippen LogP contribution >= 0.6 is 27.3 Å². The van der Waals surface area contributed by atoms with Gasteiger partial charge in [0.2, 0.25) is 11.6 Å². The van der Waals surface area contributed by atoms with Crippen LogP contribution in [-0.4, -0.2) is 37.9 Å². The molecule has 4 rings (SSSR count). The Hall–Kier alpha value is -2.42. The summed E-state index contributed by atoms with van der Waals surface area (Å²) in [5, 5.41) is 6.76. The van der Waals surface area contributed by atoms with Gasteiger partial charge < -0.3 is 14.2 Å². The van der Waals surface area contributed by atoms with Crippen molar-refractivity contribution in [2.45, 2.75) is 0 Å². The Kier molecular flexibility index (Phi) is 5.90. The Morgan fingerprint density at radius 3 is 2.82 bits per heavy atom. The van der Waals surface area contributed by atoms with Crippen LogP contribution in [0.2, 0.25) is 0 Å². The van der Waals surface area contributed by atoms with Crippen molar-refractivity contribution < 1.29 is 14.2 Å². The third-order valence-corrected chi connectivity index (χ3v) is 5.47. The zero-order valence-corrected chi connectivity index (χ0v) is 17.6. The van der Waals surface area contributed by atoms with Crippen molar-refractivity contribution in [2.75, 3.05) is 27.1 Å². The van der Waals surface area contributed by atoms with Crippen molar-refractivity contribution in [3.8, 4) is 22.8 Å². The lowest BCUT2D eigenvalue weighted by Crippen LogP contribution is -2.13. The molecular formula is C20H18BrN3O3S. The van der Waals surface area contributed by atoms with E-state index in [2.05, 4.69) is 38.4 Å². The largest absolute Gasteiger partial charge is 0.454 e. The minimum Gasteiger partial charge on any atom is -0.454 e. The molecule has 2 aromatic carbocycles. The van der Waals surface area contributed by atoms with Gasteiger partial charge in [0.25, 0.3) is 0 Å². The number of rotatable bonds is 6. The fourth-order valence-corrected chi connectivity index (χ4v) is 3.82. The molecule has 0 bridgehead atoms. The number of halogens is 1. The number of aromatic nitrogens is 1. The molecule has 8 heteroatoms. The molecule has 0 N–H and O–H groups in total. The molecule has 1 aliphatic rings. The lowest BCUT2D eigenvalue weighted by atomic mass is 10.2. The van der Waals surface area contributed by atoms with Gasteiger partial charge in [0, 0.05) is 22.5 Å². The fourth-order valence-electron chi connectivity index (χ4n) is 2.69. The highest BCUT2D eigenvalue weighted by atomic mass is 79.9. The van der Waals surface area contributed by atoms with Crippen molar-refractivity contribution in [2.24, 2.45) is 10.1 Å². The summed E-state index contributed by atoms with van der Waals surface area (Å²) in [7, 11) is 1.67. The molecule has 0 saturated heterocycles. The maximum absolute atomic E-state index is 5.44. The van der Waals surface area contributed by atoms with Gasteiger partial charge in [0.1, 0.15) is 0 Å². The highest BCUT2D eigenvalue weighted by Gasteiger charge is 2.13. The Labute approximate surface area is 174 Å². The summed E-state index contributed by atoms with van der Waals surface area (Å²) >= 11 is 5.03. The predicted octanol–water partition coefficient (Wildman–Crippen LogP) is 4.14. The van der Waals surface area contributed by atoms with Crippen molar-refractivity contribution in [1.82, 2.24) is 4.68 Å². The Bertz CT molecular complexity index is 1060. The summed E-state index contributed by atoms with van der Waals surface area (Å²) < 4.78 is 18.8. The van der Waals surface area contributed by atoms with E-state index in [1.807, 2.05) is 35.0 Å². The first-order valence-electron chi connectivity index (χ1n) is 8.64. The summed E-state index contributed by atoms with van der Waals surface area (Å²) in [5.41, 5.74) is 2.97. The second kappa shape index (κ2) is 8.72. The number of hydrogen-bond acceptors (Lipinski definition) is 6. The molecule has 0 saturated carbocycles. The van der Waals surface area contributed by atoms with E-state index in [0.717, 1.165) is 37.6 Å². The van der Waals surface area contributed by atoms with Gasteiger partial charge in [-0.2, -0.15) is 5.10 Å². The number of ether oxygens (including phenoxy) is 3. The summed E-state index contributed by atoms with van der Waals surface area (Å²) in [6.07, 6.45) is 1.80. The molecule has 0 radical (unpaired) electrons. The molecule has 0 spiro atoms. The molecule has 0 unspecified atom stereocenters. The van der Waals surface area contributed by atoms with E-state index in [1.165, 1.54) is 0 Å². The molecule has 0 aliphatic carbocycles. The molecule has 144 valence electrons. The third-order valence-electron chi connectivity index (χ3n) is 4.09. The first-order valence-corrected chi connectivity index (χ1v) is 10.3. The summed E-state index contributed by atoms with van der Waals surface area (Å²) in [5.74, 6) is 1.49. The van der Waals surface area contributed by atoms with E-state index >= 15 is 0 Å². The van der Waals surface area contributed by atoms with E-state index in [1.54, 1.807) is 24.7 Å². The molecule has 6 nitrogen and oxygen atoms in total. The van der Waals surface area contributed by atoms with Gasteiger partial charge in [-0.05, 0) is 35.9 Å². The molecule has 0 fully saturated rings. The summed E-state index contributed by atoms with van der Waals surface area (Å²) in [6, 6.07) is 13.9. The number of nitrogens with zero attached hydrogens (tertiary/aromatic N) is 3. The van der Waals surface area contributed by atoms with Crippen molar-refractivity contribution >= 4 is 33.5 Å². The Balaban J connectivity index is 1.71. The van der Waals surface area contributed by atoms with Crippen LogP contribution in [0.5, 0.6) is 11.5 Å². The summed E-state index contributed by atoms with van der Waals surface area (Å²) in [6.45, 7) is 1.40. The normalized spacial score (nSPS) is 13.6. The van der Waals surface area contributed by atoms with E-state index in [-0.39, 0.29) is 6.79 Å². The second-order valence-corrected chi connectivity index (χ2v) is 7.71. The smallest absolute Gasteiger partial charge is 0.231 e. The van der Waals surface area contributed by atoms with Gasteiger partial charge in [-0.1, -0.05) is 28.1 Å². The van der Waals surface area contributed by atoms with Gasteiger partial charge in [-0.25, -0.2) is 4.68 Å². The quantitative estimate of drug-likeness (QED) is 0.411. The van der Waals surface area contributed by atoms with E-state index in [9.17, 15) is 0 Å². The lowest BCUT2D eigenvalue weighted by molar-refractivity contribution is 0.174. The topological polar surface area (TPSA) is 57.3 Å². The van der Waals surface area contributed by atoms with Gasteiger partial charge >= 0.3 is 0 Å². The van der Waals surface area contributed by atoms with Crippen LogP contribution in [-0.2, 0) is 4.74 Å². The minimum atomic E-state index is 0.255. The Morgan fingerprint density at radius 1 is 1.18 bits per heavy atom. The number of benzene rings is 2. The van der Waals surface area contributed by atoms with Crippen LogP contribution < -0.4 is 14.3 Å². The first kappa shape index (κ1) is 18.9. The first-order chi connectivity index (χ1) is 13.7. The van der Waals surface area contributed by atoms with Crippen molar-refractivity contribution in [3.63, 3.8) is 0 Å². The average Bonchev–Trinajstić information content (AvgIpc) is 3.33. The second-order valence-electron chi connectivity index (χ2n) is 5.95. The third kappa shape index (κ3) is 4.19. The van der Waals surface area contributed by atoms with E-state index in [4.69, 9.17) is 19.3 Å². The molecule has 0 atom stereocenters. The van der Waals surface area contributed by atoms with Gasteiger partial charge in [0.15, 0.2) is 11.5 Å². The maximum atomic E-state index is 5.44. The van der Waals surface area contributed by atoms with Crippen LogP contribution in [0.4, 0.5) is 0 Å². The van der Waals surface area contributed by atoms with Crippen molar-refractivity contribution in [3.05, 3.63) is 62.7 Å². The molecular weight excluding hydrogens is 442 g/mol. The highest BCUT2D eigenvalue weighted by molar-refractivity contribution is 9.10.